The van der Waals surface area contributed by atoms with E-state index in [9.17, 15) is 0 Å². The molecule has 0 bridgehead atoms. The predicted molar refractivity (Wildman–Crippen MR) is 74.8 cm³/mol. The van der Waals surface area contributed by atoms with E-state index in [1.54, 1.807) is 6.33 Å². The van der Waals surface area contributed by atoms with E-state index in [1.165, 1.54) is 26.1 Å². The number of rotatable bonds is 5. The van der Waals surface area contributed by atoms with E-state index in [0.29, 0.717) is 5.92 Å². The minimum Gasteiger partial charge on any atom is -0.370 e. The second kappa shape index (κ2) is 6.14. The minimum absolute atomic E-state index is 0.454. The Balaban J connectivity index is 1.85. The van der Waals surface area contributed by atoms with Crippen LogP contribution in [0.5, 0.6) is 0 Å². The Hall–Kier alpha value is -1.16. The first-order chi connectivity index (χ1) is 8.69. The SMILES string of the molecule is CCN1CCC(CNc2cc(C(C)C)ncn2)C1. The fourth-order valence-electron chi connectivity index (χ4n) is 2.40. The summed E-state index contributed by atoms with van der Waals surface area (Å²) in [6.45, 7) is 11.2. The fraction of sp³-hybridized carbons (Fsp3) is 0.714. The molecule has 1 N–H and O–H groups in total. The Kier molecular flexibility index (Phi) is 4.53. The molecule has 1 aromatic heterocycles. The number of nitrogens with zero attached hydrogens (tertiary/aromatic N) is 3. The molecule has 0 saturated carbocycles. The average molecular weight is 248 g/mol. The Morgan fingerprint density at radius 3 is 2.94 bits per heavy atom. The van der Waals surface area contributed by atoms with E-state index in [0.717, 1.165) is 24.0 Å². The van der Waals surface area contributed by atoms with Crippen molar-refractivity contribution in [1.82, 2.24) is 14.9 Å². The van der Waals surface area contributed by atoms with Crippen molar-refractivity contribution in [2.45, 2.75) is 33.1 Å². The van der Waals surface area contributed by atoms with E-state index >= 15 is 0 Å². The van der Waals surface area contributed by atoms with Crippen molar-refractivity contribution in [2.75, 3.05) is 31.5 Å². The lowest BCUT2D eigenvalue weighted by atomic mass is 10.1. The summed E-state index contributed by atoms with van der Waals surface area (Å²) in [5.41, 5.74) is 1.11. The highest BCUT2D eigenvalue weighted by molar-refractivity contribution is 5.35. The van der Waals surface area contributed by atoms with Gasteiger partial charge >= 0.3 is 0 Å². The standard InChI is InChI=1S/C14H24N4/c1-4-18-6-5-12(9-18)8-15-14-7-13(11(2)3)16-10-17-14/h7,10-12H,4-6,8-9H2,1-3H3,(H,15,16,17). The van der Waals surface area contributed by atoms with E-state index in [2.05, 4.69) is 47.0 Å². The molecule has 0 amide bonds. The highest BCUT2D eigenvalue weighted by atomic mass is 15.1. The topological polar surface area (TPSA) is 41.0 Å². The van der Waals surface area contributed by atoms with Crippen molar-refractivity contribution >= 4 is 5.82 Å². The number of aromatic nitrogens is 2. The molecular weight excluding hydrogens is 224 g/mol. The molecule has 0 radical (unpaired) electrons. The van der Waals surface area contributed by atoms with Crippen LogP contribution < -0.4 is 5.32 Å². The van der Waals surface area contributed by atoms with E-state index in [4.69, 9.17) is 0 Å². The predicted octanol–water partition coefficient (Wildman–Crippen LogP) is 2.35. The van der Waals surface area contributed by atoms with E-state index in [1.807, 2.05) is 0 Å². The second-order valence-electron chi connectivity index (χ2n) is 5.41. The lowest BCUT2D eigenvalue weighted by Gasteiger charge is -2.14. The van der Waals surface area contributed by atoms with Gasteiger partial charge in [-0.1, -0.05) is 20.8 Å². The second-order valence-corrected chi connectivity index (χ2v) is 5.41. The Morgan fingerprint density at radius 1 is 1.44 bits per heavy atom. The van der Waals surface area contributed by atoms with Gasteiger partial charge in [0, 0.05) is 24.8 Å². The summed E-state index contributed by atoms with van der Waals surface area (Å²) < 4.78 is 0. The molecule has 0 aliphatic carbocycles. The Morgan fingerprint density at radius 2 is 2.28 bits per heavy atom. The Bertz CT molecular complexity index is 378. The number of likely N-dealkylation sites (tertiary alicyclic amines) is 1. The molecule has 1 unspecified atom stereocenters. The van der Waals surface area contributed by atoms with Gasteiger partial charge in [0.05, 0.1) is 0 Å². The fourth-order valence-corrected chi connectivity index (χ4v) is 2.40. The number of anilines is 1. The highest BCUT2D eigenvalue weighted by Crippen LogP contribution is 2.17. The van der Waals surface area contributed by atoms with Crippen molar-refractivity contribution in [2.24, 2.45) is 5.92 Å². The van der Waals surface area contributed by atoms with Crippen LogP contribution in [0, 0.1) is 5.92 Å². The van der Waals surface area contributed by atoms with Crippen LogP contribution in [0.1, 0.15) is 38.8 Å². The lowest BCUT2D eigenvalue weighted by molar-refractivity contribution is 0.345. The first-order valence-electron chi connectivity index (χ1n) is 6.97. The molecule has 1 aliphatic rings. The zero-order valence-electron chi connectivity index (χ0n) is 11.7. The van der Waals surface area contributed by atoms with Gasteiger partial charge in [-0.15, -0.1) is 0 Å². The molecule has 100 valence electrons. The van der Waals surface area contributed by atoms with Crippen molar-refractivity contribution in [3.05, 3.63) is 18.1 Å². The van der Waals surface area contributed by atoms with E-state index < -0.39 is 0 Å². The van der Waals surface area contributed by atoms with Crippen LogP contribution in [0.2, 0.25) is 0 Å². The summed E-state index contributed by atoms with van der Waals surface area (Å²) in [7, 11) is 0. The van der Waals surface area contributed by atoms with Gasteiger partial charge in [0.1, 0.15) is 12.1 Å². The molecular formula is C14H24N4. The van der Waals surface area contributed by atoms with Crippen molar-refractivity contribution in [3.63, 3.8) is 0 Å². The van der Waals surface area contributed by atoms with Gasteiger partial charge < -0.3 is 10.2 Å². The maximum atomic E-state index is 4.29. The van der Waals surface area contributed by atoms with Crippen LogP contribution in [-0.2, 0) is 0 Å². The molecule has 4 heteroatoms. The Labute approximate surface area is 110 Å². The number of hydrogen-bond donors (Lipinski definition) is 1. The zero-order valence-corrected chi connectivity index (χ0v) is 11.7. The average Bonchev–Trinajstić information content (AvgIpc) is 2.84. The van der Waals surface area contributed by atoms with Crippen LogP contribution in [0.25, 0.3) is 0 Å². The monoisotopic (exact) mass is 248 g/mol. The molecule has 1 saturated heterocycles. The molecule has 1 fully saturated rings. The van der Waals surface area contributed by atoms with Gasteiger partial charge in [-0.3, -0.25) is 0 Å². The van der Waals surface area contributed by atoms with Crippen molar-refractivity contribution in [3.8, 4) is 0 Å². The van der Waals surface area contributed by atoms with Crippen LogP contribution >= 0.6 is 0 Å². The molecule has 2 rings (SSSR count). The molecule has 0 aromatic carbocycles. The van der Waals surface area contributed by atoms with Crippen molar-refractivity contribution in [1.29, 1.82) is 0 Å². The van der Waals surface area contributed by atoms with E-state index in [-0.39, 0.29) is 0 Å². The first kappa shape index (κ1) is 13.3. The van der Waals surface area contributed by atoms with Crippen LogP contribution in [0.4, 0.5) is 5.82 Å². The third-order valence-corrected chi connectivity index (χ3v) is 3.67. The van der Waals surface area contributed by atoms with Gasteiger partial charge in [0.15, 0.2) is 0 Å². The lowest BCUT2D eigenvalue weighted by Crippen LogP contribution is -2.22. The molecule has 0 spiro atoms. The zero-order chi connectivity index (χ0) is 13.0. The van der Waals surface area contributed by atoms with Crippen LogP contribution in [-0.4, -0.2) is 41.0 Å². The smallest absolute Gasteiger partial charge is 0.129 e. The molecule has 1 aromatic rings. The largest absolute Gasteiger partial charge is 0.370 e. The maximum absolute atomic E-state index is 4.29. The first-order valence-corrected chi connectivity index (χ1v) is 6.97. The summed E-state index contributed by atoms with van der Waals surface area (Å²) in [6.07, 6.45) is 2.95. The van der Waals surface area contributed by atoms with Crippen molar-refractivity contribution < 1.29 is 0 Å². The van der Waals surface area contributed by atoms with Crippen LogP contribution in [0.15, 0.2) is 12.4 Å². The molecule has 4 nitrogen and oxygen atoms in total. The van der Waals surface area contributed by atoms with Gasteiger partial charge in [-0.25, -0.2) is 9.97 Å². The van der Waals surface area contributed by atoms with Crippen LogP contribution in [0.3, 0.4) is 0 Å². The van der Waals surface area contributed by atoms with Gasteiger partial charge in [-0.05, 0) is 31.3 Å². The summed E-state index contributed by atoms with van der Waals surface area (Å²) in [6, 6.07) is 2.07. The highest BCUT2D eigenvalue weighted by Gasteiger charge is 2.20. The molecule has 1 atom stereocenters. The molecule has 1 aliphatic heterocycles. The molecule has 2 heterocycles. The molecule has 18 heavy (non-hydrogen) atoms. The summed E-state index contributed by atoms with van der Waals surface area (Å²) in [5, 5.41) is 3.45. The number of nitrogens with one attached hydrogen (secondary N) is 1. The summed E-state index contributed by atoms with van der Waals surface area (Å²) >= 11 is 0. The maximum Gasteiger partial charge on any atom is 0.129 e. The number of hydrogen-bond acceptors (Lipinski definition) is 4. The third-order valence-electron chi connectivity index (χ3n) is 3.67. The minimum atomic E-state index is 0.454. The van der Waals surface area contributed by atoms with Gasteiger partial charge in [0.2, 0.25) is 0 Å². The third kappa shape index (κ3) is 3.42. The van der Waals surface area contributed by atoms with Gasteiger partial charge in [-0.2, -0.15) is 0 Å². The summed E-state index contributed by atoms with van der Waals surface area (Å²) in [5.74, 6) is 2.17. The normalized spacial score (nSPS) is 20.6. The summed E-state index contributed by atoms with van der Waals surface area (Å²) in [4.78, 5) is 11.1. The van der Waals surface area contributed by atoms with Gasteiger partial charge in [0.25, 0.3) is 0 Å². The quantitative estimate of drug-likeness (QED) is 0.868.